The number of nitrogens with one attached hydrogen (secondary N) is 2. The molecular weight excluding hydrogens is 592 g/mol. The molecule has 1 aromatic heterocycles. The third kappa shape index (κ3) is 12.5. The summed E-state index contributed by atoms with van der Waals surface area (Å²) in [7, 11) is 0. The molecule has 1 aliphatic rings. The number of rotatable bonds is 10. The summed E-state index contributed by atoms with van der Waals surface area (Å²) < 4.78 is 5.91. The molecule has 0 spiro atoms. The van der Waals surface area contributed by atoms with Gasteiger partial charge in [0.25, 0.3) is 5.91 Å². The first-order chi connectivity index (χ1) is 21.4. The number of H-pyrrole nitrogens is 1. The third-order valence-corrected chi connectivity index (χ3v) is 6.41. The van der Waals surface area contributed by atoms with Gasteiger partial charge in [-0.25, -0.2) is 19.2 Å². The minimum atomic E-state index is -1.82. The lowest BCUT2D eigenvalue weighted by Crippen LogP contribution is -2.49. The van der Waals surface area contributed by atoms with Gasteiger partial charge in [0.05, 0.1) is 18.4 Å². The van der Waals surface area contributed by atoms with Gasteiger partial charge in [-0.1, -0.05) is 37.3 Å². The van der Waals surface area contributed by atoms with Crippen molar-refractivity contribution in [1.82, 2.24) is 15.2 Å². The highest BCUT2D eigenvalue weighted by atomic mass is 16.5. The van der Waals surface area contributed by atoms with Gasteiger partial charge in [-0.2, -0.15) is 0 Å². The fourth-order valence-corrected chi connectivity index (χ4v) is 4.26. The Morgan fingerprint density at radius 3 is 2.02 bits per heavy atom. The van der Waals surface area contributed by atoms with Crippen LogP contribution in [0.25, 0.3) is 10.9 Å². The Morgan fingerprint density at radius 2 is 1.44 bits per heavy atom. The number of aromatic nitrogens is 1. The lowest BCUT2D eigenvalue weighted by molar-refractivity contribution is -0.159. The van der Waals surface area contributed by atoms with Crippen LogP contribution in [0.2, 0.25) is 0 Å². The molecule has 7 N–H and O–H groups in total. The first-order valence-electron chi connectivity index (χ1n) is 14.1. The second-order valence-electron chi connectivity index (χ2n) is 9.79. The van der Waals surface area contributed by atoms with E-state index in [1.807, 2.05) is 48.5 Å². The number of para-hydroxylation sites is 3. The lowest BCUT2D eigenvalue weighted by Gasteiger charge is -2.37. The minimum absolute atomic E-state index is 0.143. The number of aliphatic hydroxyl groups is 1. The van der Waals surface area contributed by atoms with Crippen LogP contribution < -0.4 is 15.0 Å². The van der Waals surface area contributed by atoms with Gasteiger partial charge in [-0.05, 0) is 37.1 Å². The number of carbonyl (C=O) groups is 5. The van der Waals surface area contributed by atoms with Crippen LogP contribution in [-0.2, 0) is 19.2 Å². The molecule has 0 radical (unpaired) electrons. The zero-order valence-corrected chi connectivity index (χ0v) is 24.7. The van der Waals surface area contributed by atoms with Crippen molar-refractivity contribution in [3.63, 3.8) is 0 Å². The Hall–Kier alpha value is -5.15. The van der Waals surface area contributed by atoms with E-state index in [4.69, 9.17) is 44.3 Å². The van der Waals surface area contributed by atoms with Crippen molar-refractivity contribution >= 4 is 46.4 Å². The number of carboxylic acid groups (broad SMARTS) is 4. The number of amides is 1. The number of fused-ring (bicyclic) bond motifs is 1. The van der Waals surface area contributed by atoms with Crippen molar-refractivity contribution in [2.24, 2.45) is 0 Å². The predicted molar refractivity (Wildman–Crippen MR) is 163 cm³/mol. The molecule has 1 aliphatic heterocycles. The van der Waals surface area contributed by atoms with Gasteiger partial charge in [-0.3, -0.25) is 9.69 Å². The molecule has 1 fully saturated rings. The Morgan fingerprint density at radius 1 is 0.867 bits per heavy atom. The summed E-state index contributed by atoms with van der Waals surface area (Å²) in [6, 6.07) is 17.9. The zero-order chi connectivity index (χ0) is 33.4. The number of nitrogens with zero attached hydrogens (tertiary/aromatic N) is 2. The van der Waals surface area contributed by atoms with Gasteiger partial charge in [-0.15, -0.1) is 0 Å². The summed E-state index contributed by atoms with van der Waals surface area (Å²) in [5.74, 6) is -6.50. The second kappa shape index (κ2) is 18.5. The van der Waals surface area contributed by atoms with E-state index >= 15 is 0 Å². The van der Waals surface area contributed by atoms with Crippen molar-refractivity contribution < 1.29 is 54.2 Å². The number of hydrogen-bond donors (Lipinski definition) is 7. The van der Waals surface area contributed by atoms with Gasteiger partial charge in [0.15, 0.2) is 0 Å². The molecule has 15 heteroatoms. The van der Waals surface area contributed by atoms with E-state index in [1.165, 1.54) is 0 Å². The number of aromatic amines is 1. The monoisotopic (exact) mass is 630 g/mol. The molecule has 2 aromatic carbocycles. The molecule has 15 nitrogen and oxygen atoms in total. The van der Waals surface area contributed by atoms with Crippen LogP contribution in [0.3, 0.4) is 0 Å². The number of ether oxygens (including phenoxy) is 1. The van der Waals surface area contributed by atoms with Crippen LogP contribution in [0.15, 0.2) is 54.6 Å². The number of aliphatic hydroxyl groups excluding tert-OH is 1. The van der Waals surface area contributed by atoms with Crippen molar-refractivity contribution in [2.75, 3.05) is 50.8 Å². The quantitative estimate of drug-likeness (QED) is 0.158. The summed E-state index contributed by atoms with van der Waals surface area (Å²) in [6.45, 7) is 7.47. The Kier molecular flexibility index (Phi) is 14.8. The Balaban J connectivity index is 0.000000499. The number of carboxylic acids is 4. The summed E-state index contributed by atoms with van der Waals surface area (Å²) in [6.07, 6.45) is 1.04. The number of aliphatic carboxylic acids is 4. The number of anilines is 1. The average molecular weight is 631 g/mol. The normalized spacial score (nSPS) is 13.3. The Bertz CT molecular complexity index is 1350. The van der Waals surface area contributed by atoms with Crippen molar-refractivity contribution in [1.29, 1.82) is 0 Å². The van der Waals surface area contributed by atoms with Gasteiger partial charge < -0.3 is 45.5 Å². The lowest BCUT2D eigenvalue weighted by atomic mass is 10.2. The van der Waals surface area contributed by atoms with Gasteiger partial charge in [0.1, 0.15) is 11.4 Å². The number of benzene rings is 2. The molecular formula is C30H38N4O11. The van der Waals surface area contributed by atoms with Crippen LogP contribution in [-0.4, -0.2) is 117 Å². The molecule has 2 heterocycles. The van der Waals surface area contributed by atoms with Crippen LogP contribution >= 0.6 is 0 Å². The summed E-state index contributed by atoms with van der Waals surface area (Å²) in [5.41, 5.74) is 2.64. The van der Waals surface area contributed by atoms with Gasteiger partial charge in [0, 0.05) is 50.2 Å². The molecule has 0 aliphatic carbocycles. The van der Waals surface area contributed by atoms with E-state index in [9.17, 15) is 9.90 Å². The first kappa shape index (κ1) is 36.0. The summed E-state index contributed by atoms with van der Waals surface area (Å²) in [5, 5.41) is 44.0. The van der Waals surface area contributed by atoms with Crippen molar-refractivity contribution in [3.8, 4) is 5.75 Å². The highest BCUT2D eigenvalue weighted by Gasteiger charge is 2.21. The van der Waals surface area contributed by atoms with Crippen molar-refractivity contribution in [3.05, 3.63) is 60.3 Å². The molecule has 1 saturated heterocycles. The van der Waals surface area contributed by atoms with Gasteiger partial charge >= 0.3 is 23.9 Å². The number of piperazine rings is 1. The first-order valence-corrected chi connectivity index (χ1v) is 14.1. The molecule has 4 rings (SSSR count). The zero-order valence-electron chi connectivity index (χ0n) is 24.7. The maximum absolute atomic E-state index is 12.4. The maximum atomic E-state index is 12.4. The van der Waals surface area contributed by atoms with E-state index in [0.29, 0.717) is 25.2 Å². The smallest absolute Gasteiger partial charge is 0.414 e. The molecule has 1 unspecified atom stereocenters. The predicted octanol–water partition coefficient (Wildman–Crippen LogP) is 1.57. The maximum Gasteiger partial charge on any atom is 0.414 e. The largest absolute Gasteiger partial charge is 0.491 e. The summed E-state index contributed by atoms with van der Waals surface area (Å²) >= 11 is 0. The van der Waals surface area contributed by atoms with Crippen LogP contribution in [0.4, 0.5) is 5.69 Å². The Labute approximate surface area is 258 Å². The second-order valence-corrected chi connectivity index (χ2v) is 9.79. The highest BCUT2D eigenvalue weighted by Crippen LogP contribution is 2.29. The number of carbonyl (C=O) groups excluding carboxylic acids is 1. The minimum Gasteiger partial charge on any atom is -0.491 e. The van der Waals surface area contributed by atoms with E-state index in [1.54, 1.807) is 0 Å². The molecule has 0 bridgehead atoms. The summed E-state index contributed by atoms with van der Waals surface area (Å²) in [4.78, 5) is 56.6. The third-order valence-electron chi connectivity index (χ3n) is 6.41. The van der Waals surface area contributed by atoms with Crippen LogP contribution in [0, 0.1) is 0 Å². The number of β-amino-alcohol motifs (C(OH)–C–C–N with tert-alkyl or cyclic N) is 1. The van der Waals surface area contributed by atoms with E-state index in [0.717, 1.165) is 61.5 Å². The van der Waals surface area contributed by atoms with E-state index in [2.05, 4.69) is 33.1 Å². The van der Waals surface area contributed by atoms with Gasteiger partial charge in [0.2, 0.25) is 0 Å². The fraction of sp³-hybridized carbons (Fsp3) is 0.367. The average Bonchev–Trinajstić information content (AvgIpc) is 3.46. The molecule has 0 saturated carbocycles. The molecule has 45 heavy (non-hydrogen) atoms. The topological polar surface area (TPSA) is 230 Å². The fourth-order valence-electron chi connectivity index (χ4n) is 4.26. The molecule has 3 aromatic rings. The van der Waals surface area contributed by atoms with Crippen LogP contribution in [0.5, 0.6) is 5.75 Å². The van der Waals surface area contributed by atoms with E-state index in [-0.39, 0.29) is 5.91 Å². The number of hydrogen-bond acceptors (Lipinski definition) is 9. The molecule has 1 amide bonds. The SMILES string of the molecule is CCCOc1ccccc1N1CCN(CC(O)CCNC(=O)c2cc3ccccc3[nH]2)CC1.O=C(O)C(=O)O.O=C(O)C(=O)O. The van der Waals surface area contributed by atoms with E-state index < -0.39 is 30.0 Å². The standard InChI is InChI=1S/C26H34N4O3.2C2H2O4/c1-2-17-33-25-10-6-5-9-24(25)30-15-13-29(14-16-30)19-21(31)11-12-27-26(32)23-18-20-7-3-4-8-22(20)28-23;2*3-1(4)2(5)6/h3-10,18,21,28,31H,2,11-17,19H2,1H3,(H,27,32);2*(H,3,4)(H,5,6). The molecule has 244 valence electrons. The van der Waals surface area contributed by atoms with Crippen molar-refractivity contribution in [2.45, 2.75) is 25.9 Å². The van der Waals surface area contributed by atoms with Crippen LogP contribution in [0.1, 0.15) is 30.3 Å². The molecule has 1 atom stereocenters. The highest BCUT2D eigenvalue weighted by molar-refractivity contribution is 6.27.